The topological polar surface area (TPSA) is 15.3 Å². The van der Waals surface area contributed by atoms with Crippen LogP contribution >= 0.6 is 0 Å². The molecule has 1 aliphatic rings. The number of benzene rings is 1. The van der Waals surface area contributed by atoms with Gasteiger partial charge >= 0.3 is 0 Å². The second kappa shape index (κ2) is 7.42. The molecule has 0 amide bonds. The van der Waals surface area contributed by atoms with Crippen LogP contribution in [0.1, 0.15) is 58.4 Å². The first-order valence-electron chi connectivity index (χ1n) is 8.50. The molecule has 0 bridgehead atoms. The standard InChI is InChI=1S/C19H32N2/c1-16(9-8-13-20-19(2,3)4)21-14-12-18(15-21)17-10-6-5-7-11-17/h5-7,10-11,16,18,20H,8-9,12-15H2,1-4H3. The van der Waals surface area contributed by atoms with E-state index in [1.165, 1.54) is 37.9 Å². The first kappa shape index (κ1) is 16.5. The number of rotatable bonds is 6. The summed E-state index contributed by atoms with van der Waals surface area (Å²) in [6.45, 7) is 12.7. The van der Waals surface area contributed by atoms with Gasteiger partial charge in [-0.2, -0.15) is 0 Å². The summed E-state index contributed by atoms with van der Waals surface area (Å²) in [5, 5.41) is 3.58. The summed E-state index contributed by atoms with van der Waals surface area (Å²) in [6.07, 6.45) is 3.88. The van der Waals surface area contributed by atoms with E-state index in [0.29, 0.717) is 6.04 Å². The van der Waals surface area contributed by atoms with E-state index in [1.807, 2.05) is 0 Å². The fourth-order valence-corrected chi connectivity index (χ4v) is 3.23. The molecule has 2 nitrogen and oxygen atoms in total. The Morgan fingerprint density at radius 3 is 2.62 bits per heavy atom. The minimum atomic E-state index is 0.245. The van der Waals surface area contributed by atoms with Crippen LogP contribution in [0.2, 0.25) is 0 Å². The first-order valence-corrected chi connectivity index (χ1v) is 8.50. The molecule has 2 rings (SSSR count). The molecule has 0 spiro atoms. The highest BCUT2D eigenvalue weighted by molar-refractivity contribution is 5.21. The van der Waals surface area contributed by atoms with Gasteiger partial charge in [-0.3, -0.25) is 0 Å². The van der Waals surface area contributed by atoms with Crippen LogP contribution in [0.15, 0.2) is 30.3 Å². The van der Waals surface area contributed by atoms with Gasteiger partial charge in [0.2, 0.25) is 0 Å². The summed E-state index contributed by atoms with van der Waals surface area (Å²) >= 11 is 0. The van der Waals surface area contributed by atoms with Crippen molar-refractivity contribution in [3.05, 3.63) is 35.9 Å². The maximum atomic E-state index is 3.58. The van der Waals surface area contributed by atoms with Gasteiger partial charge in [-0.1, -0.05) is 30.3 Å². The van der Waals surface area contributed by atoms with E-state index in [9.17, 15) is 0 Å². The fourth-order valence-electron chi connectivity index (χ4n) is 3.23. The Kier molecular flexibility index (Phi) is 5.83. The normalized spacial score (nSPS) is 21.6. The largest absolute Gasteiger partial charge is 0.312 e. The molecule has 1 aliphatic heterocycles. The van der Waals surface area contributed by atoms with Crippen molar-refractivity contribution in [2.75, 3.05) is 19.6 Å². The Balaban J connectivity index is 1.71. The van der Waals surface area contributed by atoms with Gasteiger partial charge in [0, 0.05) is 18.1 Å². The maximum Gasteiger partial charge on any atom is 0.00965 e. The van der Waals surface area contributed by atoms with Crippen LogP contribution in [0.5, 0.6) is 0 Å². The van der Waals surface area contributed by atoms with E-state index >= 15 is 0 Å². The minimum Gasteiger partial charge on any atom is -0.312 e. The Labute approximate surface area is 130 Å². The third kappa shape index (κ3) is 5.44. The summed E-state index contributed by atoms with van der Waals surface area (Å²) < 4.78 is 0. The SMILES string of the molecule is CC(CCCNC(C)(C)C)N1CCC(c2ccccc2)C1. The summed E-state index contributed by atoms with van der Waals surface area (Å²) in [7, 11) is 0. The highest BCUT2D eigenvalue weighted by Gasteiger charge is 2.26. The Morgan fingerprint density at radius 1 is 1.24 bits per heavy atom. The number of nitrogens with one attached hydrogen (secondary N) is 1. The molecule has 0 aromatic heterocycles. The lowest BCUT2D eigenvalue weighted by molar-refractivity contribution is 0.238. The predicted molar refractivity (Wildman–Crippen MR) is 91.8 cm³/mol. The molecule has 0 radical (unpaired) electrons. The van der Waals surface area contributed by atoms with E-state index in [4.69, 9.17) is 0 Å². The molecular weight excluding hydrogens is 256 g/mol. The highest BCUT2D eigenvalue weighted by atomic mass is 15.2. The predicted octanol–water partition coefficient (Wildman–Crippen LogP) is 4.03. The number of hydrogen-bond donors (Lipinski definition) is 1. The molecule has 2 atom stereocenters. The van der Waals surface area contributed by atoms with Crippen molar-refractivity contribution in [2.24, 2.45) is 0 Å². The Morgan fingerprint density at radius 2 is 1.95 bits per heavy atom. The van der Waals surface area contributed by atoms with Crippen LogP contribution in [0.4, 0.5) is 0 Å². The zero-order valence-corrected chi connectivity index (χ0v) is 14.2. The van der Waals surface area contributed by atoms with E-state index in [-0.39, 0.29) is 5.54 Å². The van der Waals surface area contributed by atoms with E-state index in [1.54, 1.807) is 0 Å². The average molecular weight is 288 g/mol. The molecule has 1 aromatic carbocycles. The van der Waals surface area contributed by atoms with Crippen LogP contribution in [0, 0.1) is 0 Å². The van der Waals surface area contributed by atoms with Crippen LogP contribution in [-0.4, -0.2) is 36.1 Å². The van der Waals surface area contributed by atoms with Gasteiger partial charge in [0.15, 0.2) is 0 Å². The van der Waals surface area contributed by atoms with Crippen LogP contribution < -0.4 is 5.32 Å². The van der Waals surface area contributed by atoms with Gasteiger partial charge in [-0.25, -0.2) is 0 Å². The molecule has 1 heterocycles. The van der Waals surface area contributed by atoms with E-state index in [0.717, 1.165) is 12.5 Å². The lowest BCUT2D eigenvalue weighted by Crippen LogP contribution is -2.37. The van der Waals surface area contributed by atoms with Gasteiger partial charge in [-0.05, 0) is 71.5 Å². The van der Waals surface area contributed by atoms with Crippen LogP contribution in [-0.2, 0) is 0 Å². The van der Waals surface area contributed by atoms with E-state index < -0.39 is 0 Å². The lowest BCUT2D eigenvalue weighted by atomic mass is 9.99. The fraction of sp³-hybridized carbons (Fsp3) is 0.684. The Bertz CT molecular complexity index is 407. The molecule has 21 heavy (non-hydrogen) atoms. The molecule has 1 aromatic rings. The van der Waals surface area contributed by atoms with Gasteiger partial charge in [-0.15, -0.1) is 0 Å². The average Bonchev–Trinajstić information content (AvgIpc) is 2.93. The van der Waals surface area contributed by atoms with Crippen molar-refractivity contribution in [2.45, 2.75) is 64.5 Å². The molecule has 1 saturated heterocycles. The zero-order valence-electron chi connectivity index (χ0n) is 14.2. The second-order valence-electron chi connectivity index (χ2n) is 7.56. The van der Waals surface area contributed by atoms with Crippen LogP contribution in [0.25, 0.3) is 0 Å². The highest BCUT2D eigenvalue weighted by Crippen LogP contribution is 2.28. The summed E-state index contributed by atoms with van der Waals surface area (Å²) in [5.74, 6) is 0.737. The van der Waals surface area contributed by atoms with Crippen molar-refractivity contribution in [3.8, 4) is 0 Å². The smallest absolute Gasteiger partial charge is 0.00965 e. The lowest BCUT2D eigenvalue weighted by Gasteiger charge is -2.26. The summed E-state index contributed by atoms with van der Waals surface area (Å²) in [4.78, 5) is 2.68. The molecule has 118 valence electrons. The number of nitrogens with zero attached hydrogens (tertiary/aromatic N) is 1. The summed E-state index contributed by atoms with van der Waals surface area (Å²) in [6, 6.07) is 11.7. The molecule has 0 saturated carbocycles. The summed E-state index contributed by atoms with van der Waals surface area (Å²) in [5.41, 5.74) is 1.76. The molecular formula is C19H32N2. The van der Waals surface area contributed by atoms with Crippen molar-refractivity contribution < 1.29 is 0 Å². The first-order chi connectivity index (χ1) is 9.96. The molecule has 0 aliphatic carbocycles. The van der Waals surface area contributed by atoms with Crippen LogP contribution in [0.3, 0.4) is 0 Å². The molecule has 1 N–H and O–H groups in total. The molecule has 2 heteroatoms. The quantitative estimate of drug-likeness (QED) is 0.795. The Hall–Kier alpha value is -0.860. The van der Waals surface area contributed by atoms with Crippen molar-refractivity contribution >= 4 is 0 Å². The second-order valence-corrected chi connectivity index (χ2v) is 7.56. The number of likely N-dealkylation sites (tertiary alicyclic amines) is 1. The minimum absolute atomic E-state index is 0.245. The monoisotopic (exact) mass is 288 g/mol. The van der Waals surface area contributed by atoms with Crippen molar-refractivity contribution in [1.82, 2.24) is 10.2 Å². The third-order valence-electron chi connectivity index (χ3n) is 4.57. The van der Waals surface area contributed by atoms with Gasteiger partial charge in [0.1, 0.15) is 0 Å². The molecule has 2 unspecified atom stereocenters. The van der Waals surface area contributed by atoms with E-state index in [2.05, 4.69) is 68.2 Å². The number of hydrogen-bond acceptors (Lipinski definition) is 2. The van der Waals surface area contributed by atoms with Gasteiger partial charge in [0.25, 0.3) is 0 Å². The van der Waals surface area contributed by atoms with Gasteiger partial charge < -0.3 is 10.2 Å². The molecule has 1 fully saturated rings. The third-order valence-corrected chi connectivity index (χ3v) is 4.57. The van der Waals surface area contributed by atoms with Gasteiger partial charge in [0.05, 0.1) is 0 Å². The van der Waals surface area contributed by atoms with Crippen molar-refractivity contribution in [3.63, 3.8) is 0 Å². The van der Waals surface area contributed by atoms with Crippen molar-refractivity contribution in [1.29, 1.82) is 0 Å². The zero-order chi connectivity index (χ0) is 15.3. The maximum absolute atomic E-state index is 3.58.